The van der Waals surface area contributed by atoms with Crippen LogP contribution in [0, 0.1) is 17.6 Å². The third kappa shape index (κ3) is 10.9. The van der Waals surface area contributed by atoms with Gasteiger partial charge in [0.25, 0.3) is 5.92 Å². The number of nitrogens with one attached hydrogen (secondary N) is 1. The van der Waals surface area contributed by atoms with Crippen molar-refractivity contribution >= 4 is 60.1 Å². The summed E-state index contributed by atoms with van der Waals surface area (Å²) in [6, 6.07) is 3.86. The Hall–Kier alpha value is -5.54. The standard InChI is InChI=1S/C44H45ClF10N8O7S2/c1-21(64)18-60(4)40(66)63(72(6,69)70)39-34-30(45)10-9-27(36(34)62(59-39)20-42(48,49)50)26-8-7-25(11-12-41(2,3)71(5,67)68)56-35(26)31(15-22-13-23(46)16-24(47)14-22)57-32(65)19-61-38-33(37(58-61)44(53,54)55)28-17-29(28)43(38,51)52/h7-10,13-14,16,21,28-29,31,64H,11-12,15,17-20H2,1-6H3,(H,57,65)/t21-,28+,29?,31+/m1/s1. The van der Waals surface area contributed by atoms with Gasteiger partial charge in [0.2, 0.25) is 15.9 Å². The number of alkyl halides is 8. The van der Waals surface area contributed by atoms with E-state index < -0.39 is 155 Å². The van der Waals surface area contributed by atoms with E-state index in [4.69, 9.17) is 16.6 Å². The highest BCUT2D eigenvalue weighted by molar-refractivity contribution is 7.93. The molecule has 2 aliphatic carbocycles. The molecule has 3 aromatic heterocycles. The Balaban J connectivity index is 1.47. The Morgan fingerprint density at radius 2 is 1.58 bits per heavy atom. The maximum absolute atomic E-state index is 15.6. The molecule has 3 amide bonds. The van der Waals surface area contributed by atoms with Crippen LogP contribution in [-0.2, 0) is 62.7 Å². The van der Waals surface area contributed by atoms with E-state index in [2.05, 4.69) is 15.5 Å². The number of pyridine rings is 1. The van der Waals surface area contributed by atoms with Crippen LogP contribution in [0.25, 0.3) is 22.0 Å². The lowest BCUT2D eigenvalue weighted by atomic mass is 9.93. The molecule has 1 saturated carbocycles. The van der Waals surface area contributed by atoms with Crippen molar-refractivity contribution in [1.29, 1.82) is 0 Å². The first kappa shape index (κ1) is 54.2. The number of aliphatic hydroxyl groups excluding tert-OH is 1. The van der Waals surface area contributed by atoms with Crippen LogP contribution in [0.5, 0.6) is 0 Å². The summed E-state index contributed by atoms with van der Waals surface area (Å²) in [4.78, 5) is 33.5. The average Bonchev–Trinajstić information content (AvgIpc) is 3.73. The lowest BCUT2D eigenvalue weighted by Gasteiger charge is -2.26. The summed E-state index contributed by atoms with van der Waals surface area (Å²) in [5.74, 6) is -11.0. The minimum Gasteiger partial charge on any atom is -0.392 e. The van der Waals surface area contributed by atoms with Gasteiger partial charge in [-0.3, -0.25) is 19.1 Å². The van der Waals surface area contributed by atoms with Gasteiger partial charge in [-0.1, -0.05) is 23.7 Å². The molecule has 2 aromatic carbocycles. The SMILES string of the molecule is C[C@@H](O)CN(C)C(=O)N(c1nn(CC(F)(F)F)c2c(-c3ccc(CCC(C)(C)S(C)(=O)=O)nc3[C@H](Cc3cc(F)cc(F)c3)NC(=O)Cn3nc(C(F)(F)F)c4c3C(F)(F)C3C[C@H]43)ccc(Cl)c12)S(C)(=O)=O. The molecule has 28 heteroatoms. The van der Waals surface area contributed by atoms with E-state index in [1.807, 2.05) is 0 Å². The maximum Gasteiger partial charge on any atom is 0.435 e. The molecule has 2 N–H and O–H groups in total. The molecule has 0 saturated heterocycles. The van der Waals surface area contributed by atoms with Gasteiger partial charge >= 0.3 is 18.4 Å². The van der Waals surface area contributed by atoms with Gasteiger partial charge in [0.1, 0.15) is 30.4 Å². The first-order valence-corrected chi connectivity index (χ1v) is 25.8. The fourth-order valence-corrected chi connectivity index (χ4v) is 10.4. The number of hydrogen-bond acceptors (Lipinski definition) is 10. The van der Waals surface area contributed by atoms with Crippen molar-refractivity contribution in [2.24, 2.45) is 5.92 Å². The second kappa shape index (κ2) is 18.7. The number of sulfone groups is 1. The quantitative estimate of drug-likeness (QED) is 0.0915. The minimum absolute atomic E-state index is 0.0541. The molecule has 2 aliphatic rings. The number of likely N-dealkylation sites (N-methyl/N-ethyl adjacent to an activating group) is 1. The number of carbonyl (C=O) groups is 2. The van der Waals surface area contributed by atoms with Crippen LogP contribution in [0.4, 0.5) is 54.5 Å². The summed E-state index contributed by atoms with van der Waals surface area (Å²) in [7, 11) is -7.45. The first-order chi connectivity index (χ1) is 33.0. The van der Waals surface area contributed by atoms with Gasteiger partial charge in [-0.15, -0.1) is 0 Å². The number of fused-ring (bicyclic) bond motifs is 4. The van der Waals surface area contributed by atoms with Crippen LogP contribution < -0.4 is 9.62 Å². The van der Waals surface area contributed by atoms with E-state index in [9.17, 15) is 66.7 Å². The number of nitrogens with zero attached hydrogens (tertiary/aromatic N) is 7. The van der Waals surface area contributed by atoms with Crippen molar-refractivity contribution in [2.75, 3.05) is 30.4 Å². The lowest BCUT2D eigenvalue weighted by molar-refractivity contribution is -0.143. The molecule has 5 aromatic rings. The van der Waals surface area contributed by atoms with Crippen LogP contribution in [0.1, 0.15) is 79.5 Å². The van der Waals surface area contributed by atoms with Crippen molar-refractivity contribution < 1.29 is 75.4 Å². The highest BCUT2D eigenvalue weighted by atomic mass is 35.5. The highest BCUT2D eigenvalue weighted by Gasteiger charge is 2.68. The number of carbonyl (C=O) groups excluding carboxylic acids is 2. The van der Waals surface area contributed by atoms with Gasteiger partial charge in [-0.2, -0.15) is 49.6 Å². The molecular weight excluding hydrogens is 1040 g/mol. The Morgan fingerprint density at radius 3 is 2.15 bits per heavy atom. The molecule has 392 valence electrons. The molecule has 4 atom stereocenters. The average molecular weight is 1090 g/mol. The molecule has 0 bridgehead atoms. The molecule has 15 nitrogen and oxygen atoms in total. The summed E-state index contributed by atoms with van der Waals surface area (Å²) < 4.78 is 199. The third-order valence-corrected chi connectivity index (χ3v) is 16.0. The Bertz CT molecular complexity index is 3200. The fraction of sp³-hybridized carbons (Fsp3) is 0.477. The number of urea groups is 1. The number of aryl methyl sites for hydroxylation is 1. The molecule has 72 heavy (non-hydrogen) atoms. The van der Waals surface area contributed by atoms with E-state index in [0.717, 1.165) is 42.5 Å². The van der Waals surface area contributed by atoms with E-state index in [1.165, 1.54) is 32.9 Å². The number of aliphatic hydroxyl groups is 1. The van der Waals surface area contributed by atoms with Crippen molar-refractivity contribution in [1.82, 2.24) is 34.8 Å². The molecule has 0 aliphatic heterocycles. The van der Waals surface area contributed by atoms with Crippen LogP contribution in [0.15, 0.2) is 42.5 Å². The van der Waals surface area contributed by atoms with Crippen LogP contribution in [-0.4, -0.2) is 106 Å². The molecule has 1 unspecified atom stereocenters. The predicted molar refractivity (Wildman–Crippen MR) is 241 cm³/mol. The summed E-state index contributed by atoms with van der Waals surface area (Å²) >= 11 is 6.66. The fourth-order valence-electron chi connectivity index (χ4n) is 8.84. The largest absolute Gasteiger partial charge is 0.435 e. The van der Waals surface area contributed by atoms with Crippen LogP contribution in [0.2, 0.25) is 5.02 Å². The van der Waals surface area contributed by atoms with Crippen molar-refractivity contribution in [3.05, 3.63) is 93.0 Å². The zero-order valence-electron chi connectivity index (χ0n) is 38.8. The van der Waals surface area contributed by atoms with Gasteiger partial charge in [0.05, 0.1) is 44.8 Å². The van der Waals surface area contributed by atoms with E-state index in [1.54, 1.807) is 0 Å². The second-order valence-electron chi connectivity index (χ2n) is 18.7. The van der Waals surface area contributed by atoms with Crippen molar-refractivity contribution in [3.8, 4) is 11.1 Å². The van der Waals surface area contributed by atoms with Gasteiger partial charge in [-0.25, -0.2) is 30.4 Å². The molecule has 7 rings (SSSR count). The van der Waals surface area contributed by atoms with Crippen molar-refractivity contribution in [2.45, 2.75) is 101 Å². The normalized spacial score (nSPS) is 17.6. The predicted octanol–water partition coefficient (Wildman–Crippen LogP) is 8.07. The Morgan fingerprint density at radius 1 is 0.958 bits per heavy atom. The molecule has 1 fully saturated rings. The minimum atomic E-state index is -5.21. The van der Waals surface area contributed by atoms with E-state index in [0.29, 0.717) is 12.3 Å². The number of anilines is 1. The van der Waals surface area contributed by atoms with Crippen molar-refractivity contribution in [3.63, 3.8) is 0 Å². The summed E-state index contributed by atoms with van der Waals surface area (Å²) in [6.45, 7) is 0.383. The smallest absolute Gasteiger partial charge is 0.392 e. The zero-order chi connectivity index (χ0) is 53.6. The number of hydrogen-bond donors (Lipinski definition) is 2. The van der Waals surface area contributed by atoms with Gasteiger partial charge in [0, 0.05) is 54.2 Å². The van der Waals surface area contributed by atoms with Crippen LogP contribution in [0.3, 0.4) is 0 Å². The second-order valence-corrected chi connectivity index (χ2v) is 23.5. The summed E-state index contributed by atoms with van der Waals surface area (Å²) in [5, 5.41) is 18.8. The van der Waals surface area contributed by atoms with E-state index >= 15 is 8.78 Å². The Kier molecular flexibility index (Phi) is 14.1. The maximum atomic E-state index is 15.6. The zero-order valence-corrected chi connectivity index (χ0v) is 41.2. The van der Waals surface area contributed by atoms with Gasteiger partial charge < -0.3 is 15.3 Å². The number of halogens is 11. The highest BCUT2D eigenvalue weighted by Crippen LogP contribution is 2.68. The topological polar surface area (TPSA) is 190 Å². The molecule has 0 spiro atoms. The van der Waals surface area contributed by atoms with E-state index in [-0.39, 0.29) is 61.0 Å². The third-order valence-electron chi connectivity index (χ3n) is 12.5. The van der Waals surface area contributed by atoms with Gasteiger partial charge in [0.15, 0.2) is 21.3 Å². The van der Waals surface area contributed by atoms with Gasteiger partial charge in [-0.05, 0) is 82.2 Å². The van der Waals surface area contributed by atoms with Crippen LogP contribution >= 0.6 is 11.6 Å². The molecular formula is C44H45ClF10N8O7S2. The summed E-state index contributed by atoms with van der Waals surface area (Å²) in [6.07, 6.45) is -11.2. The monoisotopic (exact) mass is 1090 g/mol. The number of aromatic nitrogens is 5. The lowest BCUT2D eigenvalue weighted by Crippen LogP contribution is -2.46. The molecule has 3 heterocycles. The number of amides is 3. The first-order valence-electron chi connectivity index (χ1n) is 21.7. The summed E-state index contributed by atoms with van der Waals surface area (Å²) in [5.41, 5.74) is -5.21. The number of sulfonamides is 1. The number of benzene rings is 2. The number of rotatable bonds is 16. The Labute approximate surface area is 410 Å². The molecule has 0 radical (unpaired) electrons.